The number of likely N-dealkylation sites (tertiary alicyclic amines) is 1. The van der Waals surface area contributed by atoms with Gasteiger partial charge in [0.15, 0.2) is 5.76 Å². The van der Waals surface area contributed by atoms with Crippen LogP contribution in [0.5, 0.6) is 0 Å². The quantitative estimate of drug-likeness (QED) is 0.770. The van der Waals surface area contributed by atoms with Crippen LogP contribution in [0, 0.1) is 13.8 Å². The number of carbonyl (C=O) groups is 2. The van der Waals surface area contributed by atoms with E-state index in [0.717, 1.165) is 0 Å². The molecular weight excluding hydrogens is 326 g/mol. The summed E-state index contributed by atoms with van der Waals surface area (Å²) in [4.78, 5) is 24.6. The second kappa shape index (κ2) is 6.28. The monoisotopic (exact) mass is 345 g/mol. The average molecular weight is 345 g/mol. The van der Waals surface area contributed by atoms with Gasteiger partial charge >= 0.3 is 5.97 Å². The molecule has 9 nitrogen and oxygen atoms in total. The maximum absolute atomic E-state index is 12.4. The number of nitrogens with one attached hydrogen (secondary N) is 1. The van der Waals surface area contributed by atoms with Crippen LogP contribution in [0.4, 0.5) is 0 Å². The molecule has 2 heterocycles. The van der Waals surface area contributed by atoms with Gasteiger partial charge in [-0.3, -0.25) is 4.79 Å². The number of hydrogen-bond donors (Lipinski definition) is 2. The highest BCUT2D eigenvalue weighted by atomic mass is 32.2. The van der Waals surface area contributed by atoms with Crippen LogP contribution in [0.2, 0.25) is 0 Å². The molecular formula is C13H19N3O6S. The van der Waals surface area contributed by atoms with Crippen LogP contribution in [0.3, 0.4) is 0 Å². The van der Waals surface area contributed by atoms with E-state index in [4.69, 9.17) is 9.63 Å². The van der Waals surface area contributed by atoms with Crippen molar-refractivity contribution >= 4 is 21.9 Å². The van der Waals surface area contributed by atoms with E-state index < -0.39 is 34.0 Å². The number of sulfonamides is 1. The molecule has 1 aromatic rings. The minimum absolute atomic E-state index is 0.103. The lowest BCUT2D eigenvalue weighted by Gasteiger charge is -2.25. The fourth-order valence-corrected chi connectivity index (χ4v) is 4.26. The van der Waals surface area contributed by atoms with Crippen LogP contribution in [0.15, 0.2) is 9.42 Å². The summed E-state index contributed by atoms with van der Waals surface area (Å²) in [7, 11) is -3.99. The van der Waals surface area contributed by atoms with Crippen LogP contribution in [-0.4, -0.2) is 54.1 Å². The van der Waals surface area contributed by atoms with E-state index in [1.165, 1.54) is 25.7 Å². The van der Waals surface area contributed by atoms with Gasteiger partial charge < -0.3 is 14.5 Å². The molecule has 1 aliphatic heterocycles. The van der Waals surface area contributed by atoms with Gasteiger partial charge in [-0.1, -0.05) is 5.16 Å². The molecule has 0 aliphatic carbocycles. The smallest absolute Gasteiger partial charge is 0.326 e. The normalized spacial score (nSPS) is 19.8. The number of carboxylic acids is 1. The molecule has 128 valence electrons. The first kappa shape index (κ1) is 17.4. The van der Waals surface area contributed by atoms with Crippen molar-refractivity contribution in [3.63, 3.8) is 0 Å². The summed E-state index contributed by atoms with van der Waals surface area (Å²) in [6.45, 7) is 4.63. The van der Waals surface area contributed by atoms with Gasteiger partial charge in [0.05, 0.1) is 6.04 Å². The molecule has 1 unspecified atom stereocenters. The van der Waals surface area contributed by atoms with Gasteiger partial charge in [0.2, 0.25) is 15.9 Å². The Balaban J connectivity index is 2.17. The number of nitrogens with zero attached hydrogens (tertiary/aromatic N) is 2. The molecule has 2 N–H and O–H groups in total. The van der Waals surface area contributed by atoms with Gasteiger partial charge in [0, 0.05) is 6.54 Å². The van der Waals surface area contributed by atoms with E-state index in [1.54, 1.807) is 0 Å². The fourth-order valence-electron chi connectivity index (χ4n) is 2.74. The number of aliphatic carboxylic acids is 1. The number of hydrogen-bond acceptors (Lipinski definition) is 6. The zero-order valence-electron chi connectivity index (χ0n) is 13.1. The number of carbonyl (C=O) groups excluding carboxylic acids is 1. The summed E-state index contributed by atoms with van der Waals surface area (Å²) in [5.74, 6) is -1.53. The predicted molar refractivity (Wildman–Crippen MR) is 78.1 cm³/mol. The maximum Gasteiger partial charge on any atom is 0.326 e. The number of amides is 1. The molecule has 2 atom stereocenters. The lowest BCUT2D eigenvalue weighted by Crippen LogP contribution is -2.50. The summed E-state index contributed by atoms with van der Waals surface area (Å²) in [6, 6.07) is -2.00. The van der Waals surface area contributed by atoms with Gasteiger partial charge in [-0.25, -0.2) is 13.2 Å². The Morgan fingerprint density at radius 1 is 1.43 bits per heavy atom. The molecule has 0 spiro atoms. The van der Waals surface area contributed by atoms with Crippen LogP contribution >= 0.6 is 0 Å². The first-order valence-corrected chi connectivity index (χ1v) is 8.62. The largest absolute Gasteiger partial charge is 0.480 e. The van der Waals surface area contributed by atoms with E-state index in [1.807, 2.05) is 0 Å². The number of rotatable bonds is 5. The second-order valence-corrected chi connectivity index (χ2v) is 7.17. The molecule has 1 aliphatic rings. The van der Waals surface area contributed by atoms with E-state index in [-0.39, 0.29) is 16.3 Å². The van der Waals surface area contributed by atoms with Crippen molar-refractivity contribution in [3.8, 4) is 0 Å². The van der Waals surface area contributed by atoms with Gasteiger partial charge in [0.1, 0.15) is 16.6 Å². The lowest BCUT2D eigenvalue weighted by molar-refractivity contribution is -0.148. The molecule has 1 saturated heterocycles. The van der Waals surface area contributed by atoms with E-state index >= 15 is 0 Å². The highest BCUT2D eigenvalue weighted by Crippen LogP contribution is 2.21. The first-order valence-electron chi connectivity index (χ1n) is 7.13. The zero-order chi connectivity index (χ0) is 17.4. The molecule has 23 heavy (non-hydrogen) atoms. The molecule has 10 heteroatoms. The Morgan fingerprint density at radius 2 is 2.09 bits per heavy atom. The van der Waals surface area contributed by atoms with Crippen molar-refractivity contribution < 1.29 is 27.6 Å². The summed E-state index contributed by atoms with van der Waals surface area (Å²) < 4.78 is 31.9. The predicted octanol–water partition coefficient (Wildman–Crippen LogP) is 0.0338. The molecule has 1 aromatic heterocycles. The third kappa shape index (κ3) is 3.37. The third-order valence-corrected chi connectivity index (χ3v) is 5.54. The first-order chi connectivity index (χ1) is 10.6. The van der Waals surface area contributed by atoms with Gasteiger partial charge in [-0.2, -0.15) is 4.72 Å². The van der Waals surface area contributed by atoms with Crippen molar-refractivity contribution in [1.82, 2.24) is 14.8 Å². The summed E-state index contributed by atoms with van der Waals surface area (Å²) in [6.07, 6.45) is 0.941. The third-order valence-electron chi connectivity index (χ3n) is 3.76. The van der Waals surface area contributed by atoms with Crippen molar-refractivity contribution in [3.05, 3.63) is 11.5 Å². The van der Waals surface area contributed by atoms with Gasteiger partial charge in [0.25, 0.3) is 0 Å². The Labute approximate surface area is 133 Å². The standard InChI is InChI=1S/C13H19N3O6S/c1-7-11(9(3)22-14-7)23(20,21)15-8(2)12(17)16-6-4-5-10(16)13(18)19/h8,10,15H,4-6H2,1-3H3,(H,18,19)/t8?,10-/m0/s1. The minimum Gasteiger partial charge on any atom is -0.480 e. The molecule has 1 fully saturated rings. The average Bonchev–Trinajstić information content (AvgIpc) is 3.04. The van der Waals surface area contributed by atoms with E-state index in [9.17, 15) is 18.0 Å². The van der Waals surface area contributed by atoms with Crippen LogP contribution < -0.4 is 4.72 Å². The van der Waals surface area contributed by atoms with Gasteiger partial charge in [-0.05, 0) is 33.6 Å². The van der Waals surface area contributed by atoms with Crippen LogP contribution in [0.25, 0.3) is 0 Å². The Morgan fingerprint density at radius 3 is 2.61 bits per heavy atom. The van der Waals surface area contributed by atoms with E-state index in [2.05, 4.69) is 9.88 Å². The molecule has 1 amide bonds. The second-order valence-electron chi connectivity index (χ2n) is 5.52. The molecule has 0 radical (unpaired) electrons. The number of carboxylic acid groups (broad SMARTS) is 1. The Bertz CT molecular complexity index is 707. The van der Waals surface area contributed by atoms with Crippen molar-refractivity contribution in [1.29, 1.82) is 0 Å². The summed E-state index contributed by atoms with van der Waals surface area (Å²) in [5, 5.41) is 12.7. The Kier molecular flexibility index (Phi) is 4.76. The van der Waals surface area contributed by atoms with E-state index in [0.29, 0.717) is 19.4 Å². The topological polar surface area (TPSA) is 130 Å². The van der Waals surface area contributed by atoms with Crippen LogP contribution in [-0.2, 0) is 19.6 Å². The maximum atomic E-state index is 12.4. The molecule has 0 bridgehead atoms. The highest BCUT2D eigenvalue weighted by Gasteiger charge is 2.37. The molecule has 2 rings (SSSR count). The van der Waals surface area contributed by atoms with Crippen molar-refractivity contribution in [2.45, 2.75) is 50.6 Å². The fraction of sp³-hybridized carbons (Fsp3) is 0.615. The molecule has 0 saturated carbocycles. The SMILES string of the molecule is Cc1noc(C)c1S(=O)(=O)NC(C)C(=O)N1CCC[C@H]1C(=O)O. The number of aromatic nitrogens is 1. The van der Waals surface area contributed by atoms with Crippen molar-refractivity contribution in [2.24, 2.45) is 0 Å². The zero-order valence-corrected chi connectivity index (χ0v) is 13.9. The highest BCUT2D eigenvalue weighted by molar-refractivity contribution is 7.89. The lowest BCUT2D eigenvalue weighted by atomic mass is 10.2. The number of aryl methyl sites for hydroxylation is 2. The Hall–Kier alpha value is -1.94. The molecule has 0 aromatic carbocycles. The van der Waals surface area contributed by atoms with Crippen molar-refractivity contribution in [2.75, 3.05) is 6.54 Å². The summed E-state index contributed by atoms with van der Waals surface area (Å²) >= 11 is 0. The summed E-state index contributed by atoms with van der Waals surface area (Å²) in [5.41, 5.74) is 0.194. The van der Waals surface area contributed by atoms with Crippen LogP contribution in [0.1, 0.15) is 31.2 Å². The van der Waals surface area contributed by atoms with Gasteiger partial charge in [-0.15, -0.1) is 0 Å². The minimum atomic E-state index is -3.99.